The van der Waals surface area contributed by atoms with Gasteiger partial charge >= 0.3 is 0 Å². The molecule has 0 aliphatic carbocycles. The van der Waals surface area contributed by atoms with Crippen molar-refractivity contribution in [3.05, 3.63) is 9.81 Å². The fraction of sp³-hybridized carbons (Fsp3) is 1.00. The number of rotatable bonds is 2. The summed E-state index contributed by atoms with van der Waals surface area (Å²) in [5, 5.41) is 8.69. The van der Waals surface area contributed by atoms with E-state index in [0.29, 0.717) is 26.2 Å². The van der Waals surface area contributed by atoms with Gasteiger partial charge < -0.3 is 0 Å². The lowest BCUT2D eigenvalue weighted by Crippen LogP contribution is -2.31. The van der Waals surface area contributed by atoms with Crippen molar-refractivity contribution in [2.75, 3.05) is 26.2 Å². The Labute approximate surface area is 70.4 Å². The molecule has 12 heavy (non-hydrogen) atoms. The van der Waals surface area contributed by atoms with E-state index in [1.165, 1.54) is 10.0 Å². The molecule has 0 aromatic heterocycles. The van der Waals surface area contributed by atoms with E-state index in [4.69, 9.17) is 0 Å². The molecule has 0 amide bonds. The molecule has 0 saturated carbocycles. The van der Waals surface area contributed by atoms with Gasteiger partial charge in [0.25, 0.3) is 0 Å². The van der Waals surface area contributed by atoms with Gasteiger partial charge in [0.15, 0.2) is 0 Å². The first kappa shape index (κ1) is 8.89. The molecular weight excluding hydrogens is 160 g/mol. The lowest BCUT2D eigenvalue weighted by Gasteiger charge is -2.22. The number of hydrogen-bond acceptors (Lipinski definition) is 4. The second kappa shape index (κ2) is 4.63. The monoisotopic (exact) mass is 172 g/mol. The maximum absolute atomic E-state index is 10.2. The summed E-state index contributed by atoms with van der Waals surface area (Å²) < 4.78 is 0. The minimum atomic E-state index is 0.621. The van der Waals surface area contributed by atoms with Gasteiger partial charge in [-0.25, -0.2) is 0 Å². The molecule has 1 saturated heterocycles. The van der Waals surface area contributed by atoms with Crippen molar-refractivity contribution in [1.82, 2.24) is 10.0 Å². The largest absolute Gasteiger partial charge is 0.261 e. The van der Waals surface area contributed by atoms with Gasteiger partial charge in [-0.3, -0.25) is 10.0 Å². The third-order valence-corrected chi connectivity index (χ3v) is 1.90. The highest BCUT2D eigenvalue weighted by Gasteiger charge is 2.10. The number of nitrogens with zero attached hydrogens (tertiary/aromatic N) is 4. The second-order valence-corrected chi connectivity index (χ2v) is 2.78. The van der Waals surface area contributed by atoms with Crippen LogP contribution >= 0.6 is 0 Å². The summed E-state index contributed by atoms with van der Waals surface area (Å²) in [6, 6.07) is 0. The predicted octanol–water partition coefficient (Wildman–Crippen LogP) is 0.747. The molecule has 0 aromatic rings. The zero-order valence-electron chi connectivity index (χ0n) is 6.85. The van der Waals surface area contributed by atoms with Crippen LogP contribution in [0.25, 0.3) is 0 Å². The summed E-state index contributed by atoms with van der Waals surface area (Å²) in [5.41, 5.74) is 0. The average Bonchev–Trinajstić information content (AvgIpc) is 2.05. The van der Waals surface area contributed by atoms with Crippen LogP contribution in [-0.4, -0.2) is 36.2 Å². The van der Waals surface area contributed by atoms with E-state index in [-0.39, 0.29) is 0 Å². The maximum Gasteiger partial charge on any atom is 0.0523 e. The average molecular weight is 172 g/mol. The van der Waals surface area contributed by atoms with Crippen LogP contribution in [0.3, 0.4) is 0 Å². The Hall–Kier alpha value is -1.20. The SMILES string of the molecule is O=NN1CCCN(N=O)CCC1. The van der Waals surface area contributed by atoms with Crippen LogP contribution in [0.1, 0.15) is 12.8 Å². The quantitative estimate of drug-likeness (QED) is 0.576. The fourth-order valence-corrected chi connectivity index (χ4v) is 1.26. The molecule has 1 aliphatic rings. The molecule has 0 unspecified atom stereocenters. The van der Waals surface area contributed by atoms with Crippen molar-refractivity contribution in [1.29, 1.82) is 0 Å². The molecule has 1 fully saturated rings. The maximum atomic E-state index is 10.2. The van der Waals surface area contributed by atoms with Crippen LogP contribution in [0.4, 0.5) is 0 Å². The van der Waals surface area contributed by atoms with Crippen LogP contribution in [0.2, 0.25) is 0 Å². The lowest BCUT2D eigenvalue weighted by atomic mass is 10.3. The molecule has 0 bridgehead atoms. The first-order valence-electron chi connectivity index (χ1n) is 4.03. The molecule has 0 N–H and O–H groups in total. The van der Waals surface area contributed by atoms with E-state index in [1.807, 2.05) is 0 Å². The molecule has 1 heterocycles. The molecule has 68 valence electrons. The van der Waals surface area contributed by atoms with Gasteiger partial charge in [-0.2, -0.15) is 0 Å². The smallest absolute Gasteiger partial charge is 0.0523 e. The van der Waals surface area contributed by atoms with E-state index in [1.54, 1.807) is 0 Å². The molecular formula is C6H12N4O2. The highest BCUT2D eigenvalue weighted by Crippen LogP contribution is 2.03. The summed E-state index contributed by atoms with van der Waals surface area (Å²) in [6.07, 6.45) is 1.52. The molecule has 1 rings (SSSR count). The normalized spacial score (nSPS) is 19.7. The summed E-state index contributed by atoms with van der Waals surface area (Å²) in [6.45, 7) is 2.48. The number of nitroso groups, excluding NO2 is 2. The van der Waals surface area contributed by atoms with Crippen LogP contribution < -0.4 is 0 Å². The summed E-state index contributed by atoms with van der Waals surface area (Å²) >= 11 is 0. The molecule has 0 atom stereocenters. The van der Waals surface area contributed by atoms with Crippen molar-refractivity contribution in [3.63, 3.8) is 0 Å². The van der Waals surface area contributed by atoms with Crippen molar-refractivity contribution < 1.29 is 0 Å². The highest BCUT2D eigenvalue weighted by atomic mass is 16.3. The second-order valence-electron chi connectivity index (χ2n) is 2.78. The zero-order chi connectivity index (χ0) is 8.81. The zero-order valence-corrected chi connectivity index (χ0v) is 6.85. The molecule has 6 heteroatoms. The molecule has 1 aliphatic heterocycles. The summed E-state index contributed by atoms with van der Waals surface area (Å²) in [5.74, 6) is 0. The van der Waals surface area contributed by atoms with Crippen molar-refractivity contribution >= 4 is 0 Å². The van der Waals surface area contributed by atoms with Crippen molar-refractivity contribution in [3.8, 4) is 0 Å². The minimum Gasteiger partial charge on any atom is -0.261 e. The first-order valence-corrected chi connectivity index (χ1v) is 4.03. The Morgan fingerprint density at radius 3 is 1.33 bits per heavy atom. The van der Waals surface area contributed by atoms with E-state index >= 15 is 0 Å². The van der Waals surface area contributed by atoms with Crippen LogP contribution in [-0.2, 0) is 0 Å². The minimum absolute atomic E-state index is 0.621. The van der Waals surface area contributed by atoms with Crippen LogP contribution in [0.5, 0.6) is 0 Å². The van der Waals surface area contributed by atoms with E-state index in [0.717, 1.165) is 12.8 Å². The number of hydrogen-bond donors (Lipinski definition) is 0. The van der Waals surface area contributed by atoms with E-state index < -0.39 is 0 Å². The Kier molecular flexibility index (Phi) is 3.43. The standard InChI is InChI=1S/C6H12N4O2/c11-7-9-3-1-4-10(8-12)6-2-5-9/h1-6H2. The molecule has 0 spiro atoms. The Morgan fingerprint density at radius 1 is 0.750 bits per heavy atom. The van der Waals surface area contributed by atoms with Crippen molar-refractivity contribution in [2.24, 2.45) is 10.6 Å². The van der Waals surface area contributed by atoms with Gasteiger partial charge in [0.2, 0.25) is 0 Å². The highest BCUT2D eigenvalue weighted by molar-refractivity contribution is 4.62. The van der Waals surface area contributed by atoms with Gasteiger partial charge in [0.05, 0.1) is 10.6 Å². The Balaban J connectivity index is 2.33. The van der Waals surface area contributed by atoms with Gasteiger partial charge in [0.1, 0.15) is 0 Å². The Bertz CT molecular complexity index is 138. The lowest BCUT2D eigenvalue weighted by molar-refractivity contribution is 0.187. The predicted molar refractivity (Wildman–Crippen MR) is 44.0 cm³/mol. The van der Waals surface area contributed by atoms with Gasteiger partial charge in [-0.1, -0.05) is 0 Å². The Morgan fingerprint density at radius 2 is 1.08 bits per heavy atom. The van der Waals surface area contributed by atoms with Crippen molar-refractivity contribution in [2.45, 2.75) is 12.8 Å². The van der Waals surface area contributed by atoms with E-state index in [2.05, 4.69) is 10.6 Å². The van der Waals surface area contributed by atoms with E-state index in [9.17, 15) is 9.81 Å². The molecule has 0 aromatic carbocycles. The van der Waals surface area contributed by atoms with Gasteiger partial charge in [0, 0.05) is 26.2 Å². The third-order valence-electron chi connectivity index (χ3n) is 1.90. The van der Waals surface area contributed by atoms with Gasteiger partial charge in [-0.05, 0) is 12.8 Å². The summed E-state index contributed by atoms with van der Waals surface area (Å²) in [4.78, 5) is 20.3. The third kappa shape index (κ3) is 2.44. The molecule has 0 radical (unpaired) electrons. The van der Waals surface area contributed by atoms with Crippen LogP contribution in [0, 0.1) is 9.81 Å². The van der Waals surface area contributed by atoms with Crippen LogP contribution in [0.15, 0.2) is 10.6 Å². The van der Waals surface area contributed by atoms with Gasteiger partial charge in [-0.15, -0.1) is 9.81 Å². The summed E-state index contributed by atoms with van der Waals surface area (Å²) in [7, 11) is 0. The molecule has 6 nitrogen and oxygen atoms in total. The fourth-order valence-electron chi connectivity index (χ4n) is 1.26. The topological polar surface area (TPSA) is 65.3 Å². The first-order chi connectivity index (χ1) is 5.86.